The number of hydrogen-bond donors (Lipinski definition) is 2. The molecule has 0 spiro atoms. The van der Waals surface area contributed by atoms with Crippen LogP contribution in [-0.2, 0) is 9.59 Å². The number of halogens is 3. The third-order valence-corrected chi connectivity index (χ3v) is 3.88. The maximum absolute atomic E-state index is 12.6. The smallest absolute Gasteiger partial charge is 0.391 e. The van der Waals surface area contributed by atoms with Crippen molar-refractivity contribution in [1.82, 2.24) is 5.32 Å². The minimum absolute atomic E-state index is 0.0660. The lowest BCUT2D eigenvalue weighted by Gasteiger charge is -2.30. The molecule has 0 aromatic rings. The lowest BCUT2D eigenvalue weighted by molar-refractivity contribution is -0.184. The second-order valence-electron chi connectivity index (χ2n) is 6.12. The molecule has 0 bridgehead atoms. The Hall–Kier alpha value is -1.27. The highest BCUT2D eigenvalue weighted by Gasteiger charge is 2.42. The standard InChI is InChI=1S/C14H22F3NO3/c1-8(2)7-11(13(20)21)18-12(19)9-3-5-10(6-4-9)14(15,16)17/h8-11H,3-7H2,1-2H3,(H,18,19)(H,20,21). The van der Waals surface area contributed by atoms with E-state index >= 15 is 0 Å². The fourth-order valence-electron chi connectivity index (χ4n) is 2.67. The summed E-state index contributed by atoms with van der Waals surface area (Å²) in [6.45, 7) is 3.69. The molecule has 4 nitrogen and oxygen atoms in total. The van der Waals surface area contributed by atoms with Gasteiger partial charge in [0.1, 0.15) is 6.04 Å². The normalized spacial score (nSPS) is 24.7. The van der Waals surface area contributed by atoms with Gasteiger partial charge in [0.25, 0.3) is 0 Å². The van der Waals surface area contributed by atoms with Crippen molar-refractivity contribution in [3.8, 4) is 0 Å². The van der Waals surface area contributed by atoms with Crippen molar-refractivity contribution in [1.29, 1.82) is 0 Å². The number of nitrogens with one attached hydrogen (secondary N) is 1. The van der Waals surface area contributed by atoms with Gasteiger partial charge in [-0.15, -0.1) is 0 Å². The molecule has 1 saturated carbocycles. The minimum atomic E-state index is -4.21. The first kappa shape index (κ1) is 17.8. The van der Waals surface area contributed by atoms with Crippen LogP contribution in [0.15, 0.2) is 0 Å². The van der Waals surface area contributed by atoms with Gasteiger partial charge in [0, 0.05) is 5.92 Å². The van der Waals surface area contributed by atoms with Gasteiger partial charge in [-0.25, -0.2) is 4.79 Å². The molecular weight excluding hydrogens is 287 g/mol. The van der Waals surface area contributed by atoms with Crippen molar-refractivity contribution in [2.24, 2.45) is 17.8 Å². The summed E-state index contributed by atoms with van der Waals surface area (Å²) >= 11 is 0. The van der Waals surface area contributed by atoms with Gasteiger partial charge in [-0.2, -0.15) is 13.2 Å². The molecule has 0 saturated heterocycles. The quantitative estimate of drug-likeness (QED) is 0.820. The van der Waals surface area contributed by atoms with Crippen LogP contribution < -0.4 is 5.32 Å². The van der Waals surface area contributed by atoms with Crippen LogP contribution in [0.2, 0.25) is 0 Å². The summed E-state index contributed by atoms with van der Waals surface area (Å²) in [7, 11) is 0. The fraction of sp³-hybridized carbons (Fsp3) is 0.857. The Morgan fingerprint density at radius 1 is 1.19 bits per heavy atom. The molecule has 0 heterocycles. The van der Waals surface area contributed by atoms with Gasteiger partial charge in [0.15, 0.2) is 0 Å². The molecule has 122 valence electrons. The largest absolute Gasteiger partial charge is 0.480 e. The Morgan fingerprint density at radius 2 is 1.71 bits per heavy atom. The summed E-state index contributed by atoms with van der Waals surface area (Å²) in [6.07, 6.45) is -3.72. The van der Waals surface area contributed by atoms with Gasteiger partial charge in [-0.05, 0) is 38.0 Å². The fourth-order valence-corrected chi connectivity index (χ4v) is 2.67. The lowest BCUT2D eigenvalue weighted by atomic mass is 9.81. The van der Waals surface area contributed by atoms with E-state index in [4.69, 9.17) is 5.11 Å². The topological polar surface area (TPSA) is 66.4 Å². The Balaban J connectivity index is 2.51. The first-order valence-corrected chi connectivity index (χ1v) is 7.21. The van der Waals surface area contributed by atoms with E-state index in [1.54, 1.807) is 0 Å². The number of hydrogen-bond acceptors (Lipinski definition) is 2. The molecule has 1 fully saturated rings. The number of aliphatic carboxylic acids is 1. The number of amides is 1. The van der Waals surface area contributed by atoms with Crippen molar-refractivity contribution in [3.05, 3.63) is 0 Å². The van der Waals surface area contributed by atoms with E-state index in [9.17, 15) is 22.8 Å². The van der Waals surface area contributed by atoms with Crippen molar-refractivity contribution >= 4 is 11.9 Å². The van der Waals surface area contributed by atoms with Gasteiger partial charge in [0.05, 0.1) is 5.92 Å². The molecule has 1 aliphatic rings. The Kier molecular flexibility index (Phi) is 6.04. The molecule has 0 aromatic carbocycles. The Morgan fingerprint density at radius 3 is 2.10 bits per heavy atom. The molecule has 7 heteroatoms. The Bertz CT molecular complexity index is 374. The van der Waals surface area contributed by atoms with Crippen LogP contribution in [0.25, 0.3) is 0 Å². The predicted molar refractivity (Wildman–Crippen MR) is 70.5 cm³/mol. The van der Waals surface area contributed by atoms with Crippen molar-refractivity contribution < 1.29 is 27.9 Å². The second-order valence-corrected chi connectivity index (χ2v) is 6.12. The molecule has 21 heavy (non-hydrogen) atoms. The van der Waals surface area contributed by atoms with Crippen LogP contribution in [0.3, 0.4) is 0 Å². The van der Waals surface area contributed by atoms with Crippen LogP contribution in [0.1, 0.15) is 46.0 Å². The monoisotopic (exact) mass is 309 g/mol. The van der Waals surface area contributed by atoms with Crippen LogP contribution in [-0.4, -0.2) is 29.2 Å². The van der Waals surface area contributed by atoms with Gasteiger partial charge in [-0.3, -0.25) is 4.79 Å². The molecule has 0 aliphatic heterocycles. The highest BCUT2D eigenvalue weighted by molar-refractivity contribution is 5.85. The summed E-state index contributed by atoms with van der Waals surface area (Å²) in [5.74, 6) is -3.30. The van der Waals surface area contributed by atoms with Crippen LogP contribution >= 0.6 is 0 Å². The molecule has 1 rings (SSSR count). The van der Waals surface area contributed by atoms with Crippen LogP contribution in [0.4, 0.5) is 13.2 Å². The Labute approximate surface area is 122 Å². The van der Waals surface area contributed by atoms with Gasteiger partial charge in [-0.1, -0.05) is 13.8 Å². The van der Waals surface area contributed by atoms with E-state index in [0.29, 0.717) is 6.42 Å². The second kappa shape index (κ2) is 7.13. The predicted octanol–water partition coefficient (Wildman–Crippen LogP) is 2.97. The van der Waals surface area contributed by atoms with Gasteiger partial charge >= 0.3 is 12.1 Å². The van der Waals surface area contributed by atoms with E-state index in [0.717, 1.165) is 0 Å². The number of carboxylic acid groups (broad SMARTS) is 1. The maximum Gasteiger partial charge on any atom is 0.391 e. The van der Waals surface area contributed by atoms with Crippen molar-refractivity contribution in [2.45, 2.75) is 58.2 Å². The third kappa shape index (κ3) is 5.55. The summed E-state index contributed by atoms with van der Waals surface area (Å²) in [5, 5.41) is 11.5. The van der Waals surface area contributed by atoms with Gasteiger partial charge in [0.2, 0.25) is 5.91 Å². The zero-order chi connectivity index (χ0) is 16.2. The molecule has 0 radical (unpaired) electrons. The number of alkyl halides is 3. The average molecular weight is 309 g/mol. The molecule has 0 aromatic heterocycles. The summed E-state index contributed by atoms with van der Waals surface area (Å²) in [5.41, 5.74) is 0. The van der Waals surface area contributed by atoms with Crippen LogP contribution in [0, 0.1) is 17.8 Å². The molecule has 1 atom stereocenters. The average Bonchev–Trinajstić information content (AvgIpc) is 2.36. The molecule has 1 aliphatic carbocycles. The number of carbonyl (C=O) groups excluding carboxylic acids is 1. The molecule has 1 amide bonds. The molecule has 1 unspecified atom stereocenters. The van der Waals surface area contributed by atoms with Crippen LogP contribution in [0.5, 0.6) is 0 Å². The summed E-state index contributed by atoms with van der Waals surface area (Å²) in [4.78, 5) is 23.1. The van der Waals surface area contributed by atoms with E-state index in [2.05, 4.69) is 5.32 Å². The third-order valence-electron chi connectivity index (χ3n) is 3.88. The SMILES string of the molecule is CC(C)CC(NC(=O)C1CCC(C(F)(F)F)CC1)C(=O)O. The number of rotatable bonds is 5. The lowest BCUT2D eigenvalue weighted by Crippen LogP contribution is -2.45. The zero-order valence-corrected chi connectivity index (χ0v) is 12.2. The summed E-state index contributed by atoms with van der Waals surface area (Å²) in [6, 6.07) is -0.974. The van der Waals surface area contributed by atoms with E-state index in [1.807, 2.05) is 13.8 Å². The maximum atomic E-state index is 12.6. The number of carbonyl (C=O) groups is 2. The zero-order valence-electron chi connectivity index (χ0n) is 12.2. The van der Waals surface area contributed by atoms with E-state index in [-0.39, 0.29) is 31.6 Å². The molecule has 2 N–H and O–H groups in total. The van der Waals surface area contributed by atoms with Crippen molar-refractivity contribution in [2.75, 3.05) is 0 Å². The highest BCUT2D eigenvalue weighted by Crippen LogP contribution is 2.39. The van der Waals surface area contributed by atoms with E-state index in [1.165, 1.54) is 0 Å². The van der Waals surface area contributed by atoms with Gasteiger partial charge < -0.3 is 10.4 Å². The van der Waals surface area contributed by atoms with E-state index < -0.39 is 35.9 Å². The summed E-state index contributed by atoms with van der Waals surface area (Å²) < 4.78 is 37.7. The van der Waals surface area contributed by atoms with Crippen molar-refractivity contribution in [3.63, 3.8) is 0 Å². The highest BCUT2D eigenvalue weighted by atomic mass is 19.4. The number of carboxylic acids is 1. The first-order chi connectivity index (χ1) is 9.61. The first-order valence-electron chi connectivity index (χ1n) is 7.21. The minimum Gasteiger partial charge on any atom is -0.480 e. The molecular formula is C14H22F3NO3.